The Balaban J connectivity index is 3.09. The van der Waals surface area contributed by atoms with Gasteiger partial charge in [-0.3, -0.25) is 9.59 Å². The maximum Gasteiger partial charge on any atom is 0.323 e. The molecule has 0 aliphatic heterocycles. The molecule has 0 saturated carbocycles. The molecular weight excluding hydrogens is 273 g/mol. The first-order valence-corrected chi connectivity index (χ1v) is 4.26. The number of carboxylic acid groups (broad SMARTS) is 1. The summed E-state index contributed by atoms with van der Waals surface area (Å²) in [6.07, 6.45) is 1.46. The van der Waals surface area contributed by atoms with E-state index >= 15 is 0 Å². The van der Waals surface area contributed by atoms with Crippen molar-refractivity contribution in [1.82, 2.24) is 4.57 Å². The molecule has 0 aliphatic rings. The molecule has 1 aromatic rings. The van der Waals surface area contributed by atoms with Crippen molar-refractivity contribution < 1.29 is 9.90 Å². The highest BCUT2D eigenvalue weighted by molar-refractivity contribution is 14.1. The third-order valence-corrected chi connectivity index (χ3v) is 2.10. The van der Waals surface area contributed by atoms with E-state index in [9.17, 15) is 9.59 Å². The van der Waals surface area contributed by atoms with Crippen LogP contribution in [-0.2, 0) is 11.3 Å². The number of hydrogen-bond acceptors (Lipinski definition) is 2. The fourth-order valence-electron chi connectivity index (χ4n) is 0.778. The Morgan fingerprint density at radius 1 is 1.67 bits per heavy atom. The summed E-state index contributed by atoms with van der Waals surface area (Å²) >= 11 is 1.87. The van der Waals surface area contributed by atoms with Gasteiger partial charge in [0.05, 0.1) is 3.57 Å². The molecule has 0 spiro atoms. The van der Waals surface area contributed by atoms with E-state index < -0.39 is 5.97 Å². The zero-order valence-electron chi connectivity index (χ0n) is 6.03. The lowest BCUT2D eigenvalue weighted by atomic mass is 10.4. The van der Waals surface area contributed by atoms with Gasteiger partial charge in [0.1, 0.15) is 6.54 Å². The van der Waals surface area contributed by atoms with Gasteiger partial charge in [0.15, 0.2) is 0 Å². The largest absolute Gasteiger partial charge is 0.480 e. The molecule has 12 heavy (non-hydrogen) atoms. The van der Waals surface area contributed by atoms with Crippen molar-refractivity contribution >= 4 is 28.6 Å². The second kappa shape index (κ2) is 3.70. The molecule has 0 bridgehead atoms. The lowest BCUT2D eigenvalue weighted by Crippen LogP contribution is -2.24. The van der Waals surface area contributed by atoms with Crippen molar-refractivity contribution in [3.8, 4) is 0 Å². The number of aromatic nitrogens is 1. The number of carboxylic acids is 1. The average molecular weight is 279 g/mol. The van der Waals surface area contributed by atoms with Crippen molar-refractivity contribution in [2.75, 3.05) is 0 Å². The van der Waals surface area contributed by atoms with Gasteiger partial charge in [0.2, 0.25) is 0 Å². The van der Waals surface area contributed by atoms with Gasteiger partial charge in [-0.25, -0.2) is 0 Å². The molecule has 0 fully saturated rings. The van der Waals surface area contributed by atoms with Gasteiger partial charge < -0.3 is 9.67 Å². The molecule has 1 N–H and O–H groups in total. The predicted octanol–water partition coefficient (Wildman–Crippen LogP) is 0.538. The minimum Gasteiger partial charge on any atom is -0.480 e. The lowest BCUT2D eigenvalue weighted by Gasteiger charge is -2.00. The van der Waals surface area contributed by atoms with Gasteiger partial charge in [-0.1, -0.05) is 0 Å². The SMILES string of the molecule is O=C(O)Cn1cccc(I)c1=O. The zero-order valence-corrected chi connectivity index (χ0v) is 8.19. The molecule has 64 valence electrons. The summed E-state index contributed by atoms with van der Waals surface area (Å²) < 4.78 is 1.68. The van der Waals surface area contributed by atoms with Crippen molar-refractivity contribution in [2.45, 2.75) is 6.54 Å². The van der Waals surface area contributed by atoms with E-state index in [1.807, 2.05) is 22.6 Å². The first-order chi connectivity index (χ1) is 5.61. The van der Waals surface area contributed by atoms with Crippen molar-refractivity contribution in [1.29, 1.82) is 0 Å². The summed E-state index contributed by atoms with van der Waals surface area (Å²) in [5.74, 6) is -1.01. The summed E-state index contributed by atoms with van der Waals surface area (Å²) in [6.45, 7) is -0.282. The van der Waals surface area contributed by atoms with E-state index in [1.54, 1.807) is 12.1 Å². The predicted molar refractivity (Wildman–Crippen MR) is 51.1 cm³/mol. The van der Waals surface area contributed by atoms with E-state index in [0.717, 1.165) is 4.57 Å². The number of pyridine rings is 1. The molecule has 0 aromatic carbocycles. The minimum atomic E-state index is -1.01. The monoisotopic (exact) mass is 279 g/mol. The third-order valence-electron chi connectivity index (χ3n) is 1.28. The lowest BCUT2D eigenvalue weighted by molar-refractivity contribution is -0.137. The van der Waals surface area contributed by atoms with Crippen LogP contribution < -0.4 is 5.56 Å². The van der Waals surface area contributed by atoms with Gasteiger partial charge in [0, 0.05) is 6.20 Å². The van der Waals surface area contributed by atoms with Crippen LogP contribution in [-0.4, -0.2) is 15.6 Å². The Hall–Kier alpha value is -0.850. The fraction of sp³-hybridized carbons (Fsp3) is 0.143. The zero-order chi connectivity index (χ0) is 9.14. The number of carbonyl (C=O) groups is 1. The van der Waals surface area contributed by atoms with Crippen LogP contribution in [0.3, 0.4) is 0 Å². The van der Waals surface area contributed by atoms with E-state index in [4.69, 9.17) is 5.11 Å². The Bertz CT molecular complexity index is 358. The molecule has 0 saturated heterocycles. The molecule has 4 nitrogen and oxygen atoms in total. The highest BCUT2D eigenvalue weighted by Crippen LogP contribution is 1.95. The second-order valence-corrected chi connectivity index (χ2v) is 3.35. The summed E-state index contributed by atoms with van der Waals surface area (Å²) in [5.41, 5.74) is -0.263. The smallest absolute Gasteiger partial charge is 0.323 e. The minimum absolute atomic E-state index is 0.263. The van der Waals surface area contributed by atoms with Crippen molar-refractivity contribution in [3.05, 3.63) is 32.3 Å². The Morgan fingerprint density at radius 2 is 2.33 bits per heavy atom. The van der Waals surface area contributed by atoms with E-state index in [2.05, 4.69) is 0 Å². The number of halogens is 1. The number of hydrogen-bond donors (Lipinski definition) is 1. The number of rotatable bonds is 2. The van der Waals surface area contributed by atoms with Crippen molar-refractivity contribution in [3.63, 3.8) is 0 Å². The fourth-order valence-corrected chi connectivity index (χ4v) is 1.30. The molecule has 1 rings (SSSR count). The Morgan fingerprint density at radius 3 is 2.92 bits per heavy atom. The molecule has 0 radical (unpaired) electrons. The number of nitrogens with zero attached hydrogens (tertiary/aromatic N) is 1. The molecule has 1 aromatic heterocycles. The highest BCUT2D eigenvalue weighted by Gasteiger charge is 2.02. The van der Waals surface area contributed by atoms with E-state index in [0.29, 0.717) is 3.57 Å². The first-order valence-electron chi connectivity index (χ1n) is 3.18. The molecule has 0 aliphatic carbocycles. The third kappa shape index (κ3) is 2.07. The molecule has 0 atom stereocenters. The summed E-state index contributed by atoms with van der Waals surface area (Å²) in [6, 6.07) is 3.29. The van der Waals surface area contributed by atoms with Crippen LogP contribution in [0.5, 0.6) is 0 Å². The molecule has 0 amide bonds. The van der Waals surface area contributed by atoms with Crippen LogP contribution in [0.4, 0.5) is 0 Å². The summed E-state index contributed by atoms with van der Waals surface area (Å²) in [7, 11) is 0. The van der Waals surface area contributed by atoms with Crippen LogP contribution >= 0.6 is 22.6 Å². The maximum atomic E-state index is 11.2. The van der Waals surface area contributed by atoms with Gasteiger partial charge in [-0.15, -0.1) is 0 Å². The van der Waals surface area contributed by atoms with Gasteiger partial charge in [-0.2, -0.15) is 0 Å². The Labute approximate surface area is 82.0 Å². The topological polar surface area (TPSA) is 59.3 Å². The normalized spacial score (nSPS) is 9.75. The number of aliphatic carboxylic acids is 1. The molecule has 5 heteroatoms. The highest BCUT2D eigenvalue weighted by atomic mass is 127. The van der Waals surface area contributed by atoms with E-state index in [1.165, 1.54) is 6.20 Å². The quantitative estimate of drug-likeness (QED) is 0.804. The molecule has 0 unspecified atom stereocenters. The van der Waals surface area contributed by atoms with Crippen molar-refractivity contribution in [2.24, 2.45) is 0 Å². The van der Waals surface area contributed by atoms with Crippen LogP contribution in [0.15, 0.2) is 23.1 Å². The van der Waals surface area contributed by atoms with Crippen LogP contribution in [0.1, 0.15) is 0 Å². The second-order valence-electron chi connectivity index (χ2n) is 2.18. The van der Waals surface area contributed by atoms with Crippen LogP contribution in [0, 0.1) is 3.57 Å². The van der Waals surface area contributed by atoms with Gasteiger partial charge in [-0.05, 0) is 34.7 Å². The van der Waals surface area contributed by atoms with Gasteiger partial charge >= 0.3 is 5.97 Å². The standard InChI is InChI=1S/C7H6INO3/c8-5-2-1-3-9(7(5)12)4-6(10)11/h1-3H,4H2,(H,10,11). The van der Waals surface area contributed by atoms with Gasteiger partial charge in [0.25, 0.3) is 5.56 Å². The maximum absolute atomic E-state index is 11.2. The summed E-state index contributed by atoms with van der Waals surface area (Å²) in [4.78, 5) is 21.5. The first kappa shape index (κ1) is 9.24. The Kier molecular flexibility index (Phi) is 2.85. The van der Waals surface area contributed by atoms with Crippen LogP contribution in [0.25, 0.3) is 0 Å². The van der Waals surface area contributed by atoms with Crippen LogP contribution in [0.2, 0.25) is 0 Å². The van der Waals surface area contributed by atoms with E-state index in [-0.39, 0.29) is 12.1 Å². The average Bonchev–Trinajstić information content (AvgIpc) is 1.98. The molecule has 1 heterocycles. The summed E-state index contributed by atoms with van der Waals surface area (Å²) in [5, 5.41) is 8.42. The molecular formula is C7H6INO3.